The maximum absolute atomic E-state index is 6.72. The van der Waals surface area contributed by atoms with Crippen molar-refractivity contribution in [1.29, 1.82) is 0 Å². The van der Waals surface area contributed by atoms with Crippen LogP contribution in [0.15, 0.2) is 24.3 Å². The molecule has 2 atom stereocenters. The van der Waals surface area contributed by atoms with Crippen molar-refractivity contribution in [1.82, 2.24) is 4.90 Å². The van der Waals surface area contributed by atoms with Gasteiger partial charge in [-0.2, -0.15) is 0 Å². The zero-order valence-electron chi connectivity index (χ0n) is 15.5. The first kappa shape index (κ1) is 18.3. The highest BCUT2D eigenvalue weighted by atomic mass is 28.4. The summed E-state index contributed by atoms with van der Waals surface area (Å²) in [6, 6.07) is 9.10. The molecule has 2 unspecified atom stereocenters. The van der Waals surface area contributed by atoms with Crippen LogP contribution in [0.3, 0.4) is 0 Å². The van der Waals surface area contributed by atoms with Crippen LogP contribution in [0.25, 0.3) is 0 Å². The number of rotatable bonds is 4. The lowest BCUT2D eigenvalue weighted by atomic mass is 9.85. The molecule has 1 aromatic carbocycles. The molecule has 0 radical (unpaired) electrons. The van der Waals surface area contributed by atoms with Gasteiger partial charge in [-0.3, -0.25) is 4.90 Å². The van der Waals surface area contributed by atoms with E-state index in [0.717, 1.165) is 12.8 Å². The van der Waals surface area contributed by atoms with Crippen molar-refractivity contribution in [2.24, 2.45) is 0 Å². The number of hydrogen-bond acceptors (Lipinski definition) is 2. The molecule has 2 nitrogen and oxygen atoms in total. The average Bonchev–Trinajstić information content (AvgIpc) is 2.45. The molecular formula is C20H31NOSi. The summed E-state index contributed by atoms with van der Waals surface area (Å²) in [5.41, 5.74) is 2.83. The highest BCUT2D eigenvalue weighted by Gasteiger charge is 2.41. The van der Waals surface area contributed by atoms with Gasteiger partial charge < -0.3 is 4.43 Å². The zero-order chi connectivity index (χ0) is 17.3. The lowest BCUT2D eigenvalue weighted by molar-refractivity contribution is 0.114. The van der Waals surface area contributed by atoms with E-state index in [1.807, 2.05) is 0 Å². The monoisotopic (exact) mass is 329 g/mol. The molecule has 2 rings (SSSR count). The Morgan fingerprint density at radius 2 is 1.96 bits per heavy atom. The molecule has 0 N–H and O–H groups in total. The van der Waals surface area contributed by atoms with E-state index in [0.29, 0.717) is 12.6 Å². The molecule has 3 heteroatoms. The molecule has 0 spiro atoms. The summed E-state index contributed by atoms with van der Waals surface area (Å²) in [6.07, 6.45) is 7.87. The van der Waals surface area contributed by atoms with E-state index in [4.69, 9.17) is 10.8 Å². The standard InChI is InChI=1S/C20H31NOSi/c1-8-13-21(5)19-15-17(22-23(6,7)20(2,3)4)14-16-11-9-10-12-18(16)19/h1,9-12,17,19H,13-15H2,2-7H3. The van der Waals surface area contributed by atoms with Gasteiger partial charge in [-0.25, -0.2) is 0 Å². The number of nitrogens with zero attached hydrogens (tertiary/aromatic N) is 1. The van der Waals surface area contributed by atoms with Crippen LogP contribution in [0.4, 0.5) is 0 Å². The fourth-order valence-electron chi connectivity index (χ4n) is 3.10. The van der Waals surface area contributed by atoms with Crippen molar-refractivity contribution in [3.05, 3.63) is 35.4 Å². The Kier molecular flexibility index (Phi) is 5.40. The molecule has 0 aliphatic heterocycles. The van der Waals surface area contributed by atoms with Gasteiger partial charge in [0.25, 0.3) is 0 Å². The second-order valence-electron chi connectivity index (χ2n) is 8.27. The molecule has 0 saturated heterocycles. The van der Waals surface area contributed by atoms with Crippen molar-refractivity contribution in [2.75, 3.05) is 13.6 Å². The summed E-state index contributed by atoms with van der Waals surface area (Å²) in [5, 5.41) is 0.240. The van der Waals surface area contributed by atoms with E-state index < -0.39 is 8.32 Å². The van der Waals surface area contributed by atoms with Crippen LogP contribution in [0.5, 0.6) is 0 Å². The fourth-order valence-corrected chi connectivity index (χ4v) is 4.47. The van der Waals surface area contributed by atoms with Gasteiger partial charge in [0, 0.05) is 6.04 Å². The topological polar surface area (TPSA) is 12.5 Å². The largest absolute Gasteiger partial charge is 0.414 e. The van der Waals surface area contributed by atoms with Crippen molar-refractivity contribution in [2.45, 2.75) is 63.9 Å². The van der Waals surface area contributed by atoms with Crippen molar-refractivity contribution in [3.63, 3.8) is 0 Å². The second-order valence-corrected chi connectivity index (χ2v) is 13.0. The Morgan fingerprint density at radius 3 is 2.57 bits per heavy atom. The summed E-state index contributed by atoms with van der Waals surface area (Å²) >= 11 is 0. The van der Waals surface area contributed by atoms with Crippen LogP contribution in [0, 0.1) is 12.3 Å². The van der Waals surface area contributed by atoms with Crippen LogP contribution in [0.2, 0.25) is 18.1 Å². The molecule has 0 heterocycles. The lowest BCUT2D eigenvalue weighted by Gasteiger charge is -2.43. The maximum Gasteiger partial charge on any atom is 0.192 e. The lowest BCUT2D eigenvalue weighted by Crippen LogP contribution is -2.46. The summed E-state index contributed by atoms with van der Waals surface area (Å²) in [5.74, 6) is 2.78. The van der Waals surface area contributed by atoms with Crippen molar-refractivity contribution < 1.29 is 4.43 Å². The highest BCUT2D eigenvalue weighted by Crippen LogP contribution is 2.41. The average molecular weight is 330 g/mol. The molecule has 0 saturated carbocycles. The predicted octanol–water partition coefficient (Wildman–Crippen LogP) is 4.63. The van der Waals surface area contributed by atoms with Gasteiger partial charge in [0.2, 0.25) is 0 Å². The van der Waals surface area contributed by atoms with Crippen LogP contribution in [0.1, 0.15) is 44.4 Å². The predicted molar refractivity (Wildman–Crippen MR) is 101 cm³/mol. The Hall–Kier alpha value is -1.08. The number of hydrogen-bond donors (Lipinski definition) is 0. The third-order valence-corrected chi connectivity index (χ3v) is 10.0. The second kappa shape index (κ2) is 6.81. The zero-order valence-corrected chi connectivity index (χ0v) is 16.5. The molecule has 0 fully saturated rings. The minimum absolute atomic E-state index is 0.240. The quantitative estimate of drug-likeness (QED) is 0.590. The molecule has 0 aromatic heterocycles. The van der Waals surface area contributed by atoms with E-state index in [2.05, 4.69) is 76.0 Å². The third kappa shape index (κ3) is 4.06. The minimum Gasteiger partial charge on any atom is -0.414 e. The molecular weight excluding hydrogens is 298 g/mol. The molecule has 1 aliphatic rings. The smallest absolute Gasteiger partial charge is 0.192 e. The molecule has 1 aliphatic carbocycles. The van der Waals surface area contributed by atoms with Crippen LogP contribution in [-0.4, -0.2) is 32.9 Å². The summed E-state index contributed by atoms with van der Waals surface area (Å²) in [4.78, 5) is 2.28. The Labute approximate surface area is 143 Å². The first-order valence-corrected chi connectivity index (χ1v) is 11.5. The molecule has 0 amide bonds. The van der Waals surface area contributed by atoms with Gasteiger partial charge in [-0.15, -0.1) is 6.42 Å². The van der Waals surface area contributed by atoms with Crippen LogP contribution in [-0.2, 0) is 10.8 Å². The Morgan fingerprint density at radius 1 is 1.30 bits per heavy atom. The van der Waals surface area contributed by atoms with Gasteiger partial charge in [0.15, 0.2) is 8.32 Å². The number of fused-ring (bicyclic) bond motifs is 1. The SMILES string of the molecule is C#CCN(C)C1CC(O[Si](C)(C)C(C)(C)C)Cc2ccccc21. The molecule has 126 valence electrons. The van der Waals surface area contributed by atoms with E-state index in [1.54, 1.807) is 0 Å². The van der Waals surface area contributed by atoms with E-state index in [-0.39, 0.29) is 11.1 Å². The minimum atomic E-state index is -1.76. The van der Waals surface area contributed by atoms with Crippen LogP contribution < -0.4 is 0 Å². The number of benzene rings is 1. The van der Waals surface area contributed by atoms with Gasteiger partial charge in [-0.1, -0.05) is 51.0 Å². The van der Waals surface area contributed by atoms with Gasteiger partial charge in [-0.05, 0) is 49.1 Å². The number of terminal acetylenes is 1. The van der Waals surface area contributed by atoms with Crippen molar-refractivity contribution in [3.8, 4) is 12.3 Å². The summed E-state index contributed by atoms with van der Waals surface area (Å²) < 4.78 is 6.72. The van der Waals surface area contributed by atoms with Gasteiger partial charge in [0.1, 0.15) is 0 Å². The van der Waals surface area contributed by atoms with Gasteiger partial charge in [0.05, 0.1) is 12.6 Å². The molecule has 1 aromatic rings. The first-order valence-electron chi connectivity index (χ1n) is 8.55. The van der Waals surface area contributed by atoms with E-state index in [9.17, 15) is 0 Å². The van der Waals surface area contributed by atoms with Crippen molar-refractivity contribution >= 4 is 8.32 Å². The molecule has 23 heavy (non-hydrogen) atoms. The molecule has 0 bridgehead atoms. The highest BCUT2D eigenvalue weighted by molar-refractivity contribution is 6.74. The Balaban J connectivity index is 2.25. The van der Waals surface area contributed by atoms with E-state index >= 15 is 0 Å². The Bertz CT molecular complexity index is 582. The first-order chi connectivity index (χ1) is 10.7. The maximum atomic E-state index is 6.72. The third-order valence-electron chi connectivity index (χ3n) is 5.49. The van der Waals surface area contributed by atoms with E-state index in [1.165, 1.54) is 11.1 Å². The van der Waals surface area contributed by atoms with Gasteiger partial charge >= 0.3 is 0 Å². The summed E-state index contributed by atoms with van der Waals surface area (Å²) in [7, 11) is 0.366. The normalized spacial score (nSPS) is 21.8. The summed E-state index contributed by atoms with van der Waals surface area (Å²) in [6.45, 7) is 12.3. The fraction of sp³-hybridized carbons (Fsp3) is 0.600. The van der Waals surface area contributed by atoms with Crippen LogP contribution >= 0.6 is 0 Å².